The molecule has 1 aromatic carbocycles. The van der Waals surface area contributed by atoms with Crippen LogP contribution in [0.3, 0.4) is 0 Å². The molecule has 6 nitrogen and oxygen atoms in total. The topological polar surface area (TPSA) is 83.6 Å². The first-order valence-electron chi connectivity index (χ1n) is 8.46. The number of anilines is 1. The van der Waals surface area contributed by atoms with Crippen molar-refractivity contribution in [3.8, 4) is 0 Å². The smallest absolute Gasteiger partial charge is 0.271 e. The number of piperidine rings is 1. The first kappa shape index (κ1) is 20.6. The zero-order valence-corrected chi connectivity index (χ0v) is 18.1. The van der Waals surface area contributed by atoms with Gasteiger partial charge in [-0.1, -0.05) is 25.4 Å². The van der Waals surface area contributed by atoms with Crippen LogP contribution in [0, 0.1) is 11.8 Å². The second kappa shape index (κ2) is 7.71. The number of nitrogens with one attached hydrogen (secondary N) is 1. The fourth-order valence-electron chi connectivity index (χ4n) is 3.29. The molecule has 1 aromatic heterocycles. The Hall–Kier alpha value is -1.13. The van der Waals surface area contributed by atoms with Crippen molar-refractivity contribution in [3.63, 3.8) is 0 Å². The van der Waals surface area contributed by atoms with Gasteiger partial charge < -0.3 is 0 Å². The minimum absolute atomic E-state index is 0.0977. The molecule has 1 N–H and O–H groups in total. The Labute approximate surface area is 169 Å². The molecule has 1 aliphatic rings. The molecule has 2 atom stereocenters. The highest BCUT2D eigenvalue weighted by atomic mass is 35.5. The van der Waals surface area contributed by atoms with Gasteiger partial charge in [-0.05, 0) is 54.7 Å². The van der Waals surface area contributed by atoms with Crippen LogP contribution in [0.4, 0.5) is 5.69 Å². The molecule has 2 heterocycles. The molecule has 27 heavy (non-hydrogen) atoms. The summed E-state index contributed by atoms with van der Waals surface area (Å²) in [6.07, 6.45) is 1.01. The fourth-order valence-corrected chi connectivity index (χ4v) is 7.51. The third-order valence-electron chi connectivity index (χ3n) is 4.39. The largest absolute Gasteiger partial charge is 0.279 e. The van der Waals surface area contributed by atoms with E-state index in [9.17, 15) is 16.8 Å². The maximum atomic E-state index is 12.9. The lowest BCUT2D eigenvalue weighted by atomic mass is 9.94. The van der Waals surface area contributed by atoms with E-state index in [0.29, 0.717) is 34.9 Å². The van der Waals surface area contributed by atoms with E-state index in [1.807, 2.05) is 13.8 Å². The summed E-state index contributed by atoms with van der Waals surface area (Å²) in [4.78, 5) is 0.158. The Morgan fingerprint density at radius 2 is 1.59 bits per heavy atom. The van der Waals surface area contributed by atoms with E-state index in [2.05, 4.69) is 4.72 Å². The van der Waals surface area contributed by atoms with Gasteiger partial charge in [0.05, 0.1) is 9.23 Å². The Morgan fingerprint density at radius 1 is 1.00 bits per heavy atom. The molecule has 3 rings (SSSR count). The molecule has 1 aliphatic heterocycles. The van der Waals surface area contributed by atoms with Gasteiger partial charge in [-0.2, -0.15) is 4.31 Å². The summed E-state index contributed by atoms with van der Waals surface area (Å²) in [5.41, 5.74) is 0.291. The van der Waals surface area contributed by atoms with Crippen LogP contribution < -0.4 is 4.72 Å². The van der Waals surface area contributed by atoms with Crippen molar-refractivity contribution in [1.82, 2.24) is 4.31 Å². The maximum Gasteiger partial charge on any atom is 0.271 e. The molecule has 2 aromatic rings. The molecule has 1 fully saturated rings. The Balaban J connectivity index is 1.79. The second-order valence-corrected chi connectivity index (χ2v) is 12.5. The van der Waals surface area contributed by atoms with E-state index in [1.54, 1.807) is 0 Å². The molecule has 0 amide bonds. The average Bonchev–Trinajstić information content (AvgIpc) is 3.01. The molecule has 1 saturated heterocycles. The van der Waals surface area contributed by atoms with Crippen LogP contribution in [0.25, 0.3) is 0 Å². The minimum Gasteiger partial charge on any atom is -0.279 e. The average molecular weight is 449 g/mol. The molecule has 0 spiro atoms. The third kappa shape index (κ3) is 4.65. The van der Waals surface area contributed by atoms with Crippen LogP contribution in [0.15, 0.2) is 45.5 Å². The minimum atomic E-state index is -3.75. The Kier molecular flexibility index (Phi) is 5.88. The Bertz CT molecular complexity index is 1010. The van der Waals surface area contributed by atoms with Crippen LogP contribution in [0.1, 0.15) is 20.3 Å². The highest BCUT2D eigenvalue weighted by Gasteiger charge is 2.31. The van der Waals surface area contributed by atoms with E-state index in [-0.39, 0.29) is 9.10 Å². The second-order valence-electron chi connectivity index (χ2n) is 6.96. The molecule has 0 saturated carbocycles. The zero-order chi connectivity index (χ0) is 19.8. The number of hydrogen-bond donors (Lipinski definition) is 1. The number of nitrogens with zero attached hydrogens (tertiary/aromatic N) is 1. The van der Waals surface area contributed by atoms with Gasteiger partial charge in [-0.15, -0.1) is 11.3 Å². The molecule has 2 unspecified atom stereocenters. The van der Waals surface area contributed by atoms with Gasteiger partial charge in [0.25, 0.3) is 10.0 Å². The zero-order valence-electron chi connectivity index (χ0n) is 14.9. The summed E-state index contributed by atoms with van der Waals surface area (Å²) in [5, 5.41) is 0. The van der Waals surface area contributed by atoms with Crippen LogP contribution >= 0.6 is 22.9 Å². The Morgan fingerprint density at radius 3 is 2.11 bits per heavy atom. The summed E-state index contributed by atoms with van der Waals surface area (Å²) >= 11 is 6.74. The number of sulfonamides is 2. The van der Waals surface area contributed by atoms with Crippen molar-refractivity contribution in [1.29, 1.82) is 0 Å². The first-order valence-corrected chi connectivity index (χ1v) is 12.6. The van der Waals surface area contributed by atoms with Crippen LogP contribution in [-0.4, -0.2) is 34.2 Å². The maximum absolute atomic E-state index is 12.9. The molecule has 148 valence electrons. The van der Waals surface area contributed by atoms with Crippen LogP contribution in [0.5, 0.6) is 0 Å². The van der Waals surface area contributed by atoms with Crippen molar-refractivity contribution in [2.75, 3.05) is 17.8 Å². The highest BCUT2D eigenvalue weighted by Crippen LogP contribution is 2.29. The fraction of sp³-hybridized carbons (Fsp3) is 0.412. The van der Waals surface area contributed by atoms with Crippen molar-refractivity contribution in [3.05, 3.63) is 40.7 Å². The molecule has 0 bridgehead atoms. The highest BCUT2D eigenvalue weighted by molar-refractivity contribution is 7.94. The van der Waals surface area contributed by atoms with Crippen molar-refractivity contribution in [2.45, 2.75) is 29.4 Å². The quantitative estimate of drug-likeness (QED) is 0.752. The summed E-state index contributed by atoms with van der Waals surface area (Å²) in [6, 6.07) is 8.70. The van der Waals surface area contributed by atoms with Gasteiger partial charge in [-0.25, -0.2) is 16.8 Å². The summed E-state index contributed by atoms with van der Waals surface area (Å²) in [6.45, 7) is 5.10. The third-order valence-corrected chi connectivity index (χ3v) is 9.34. The van der Waals surface area contributed by atoms with Gasteiger partial charge >= 0.3 is 0 Å². The van der Waals surface area contributed by atoms with E-state index in [0.717, 1.165) is 17.8 Å². The van der Waals surface area contributed by atoms with Gasteiger partial charge in [0.15, 0.2) is 0 Å². The van der Waals surface area contributed by atoms with Crippen LogP contribution in [0.2, 0.25) is 4.34 Å². The van der Waals surface area contributed by atoms with E-state index < -0.39 is 20.0 Å². The van der Waals surface area contributed by atoms with Gasteiger partial charge in [0.2, 0.25) is 10.0 Å². The monoisotopic (exact) mass is 448 g/mol. The van der Waals surface area contributed by atoms with Gasteiger partial charge in [0, 0.05) is 18.8 Å². The summed E-state index contributed by atoms with van der Waals surface area (Å²) in [5.74, 6) is 0.624. The van der Waals surface area contributed by atoms with Crippen LogP contribution in [-0.2, 0) is 20.0 Å². The predicted octanol–water partition coefficient (Wildman–Crippen LogP) is 3.87. The molecular weight excluding hydrogens is 428 g/mol. The number of rotatable bonds is 5. The van der Waals surface area contributed by atoms with E-state index in [4.69, 9.17) is 11.6 Å². The summed E-state index contributed by atoms with van der Waals surface area (Å²) in [7, 11) is -7.35. The summed E-state index contributed by atoms with van der Waals surface area (Å²) < 4.78 is 54.8. The molecule has 0 radical (unpaired) electrons. The van der Waals surface area contributed by atoms with Crippen molar-refractivity contribution >= 4 is 48.7 Å². The molecular formula is C17H21ClN2O4S3. The van der Waals surface area contributed by atoms with Gasteiger partial charge in [-0.3, -0.25) is 4.72 Å². The molecule has 0 aliphatic carbocycles. The molecule has 10 heteroatoms. The van der Waals surface area contributed by atoms with Gasteiger partial charge in [0.1, 0.15) is 4.21 Å². The SMILES string of the molecule is CC1CC(C)CN(S(=O)(=O)c2ccc(NS(=O)(=O)c3ccc(Cl)s3)cc2)C1. The van der Waals surface area contributed by atoms with E-state index >= 15 is 0 Å². The number of thiophene rings is 1. The van der Waals surface area contributed by atoms with Crippen molar-refractivity contribution < 1.29 is 16.8 Å². The predicted molar refractivity (Wildman–Crippen MR) is 108 cm³/mol. The van der Waals surface area contributed by atoms with E-state index in [1.165, 1.54) is 40.7 Å². The lowest BCUT2D eigenvalue weighted by Crippen LogP contribution is -2.42. The normalized spacial score (nSPS) is 21.9. The lowest BCUT2D eigenvalue weighted by Gasteiger charge is -2.34. The number of benzene rings is 1. The number of hydrogen-bond acceptors (Lipinski definition) is 5. The van der Waals surface area contributed by atoms with Crippen molar-refractivity contribution in [2.24, 2.45) is 11.8 Å². The number of halogens is 1. The lowest BCUT2D eigenvalue weighted by molar-refractivity contribution is 0.222. The standard InChI is InChI=1S/C17H21ClN2O4S3/c1-12-9-13(2)11-20(10-12)27(23,24)15-5-3-14(4-6-15)19-26(21,22)17-8-7-16(18)25-17/h3-8,12-13,19H,9-11H2,1-2H3. The first-order chi connectivity index (χ1) is 12.6.